The monoisotopic (exact) mass is 209 g/mol. The summed E-state index contributed by atoms with van der Waals surface area (Å²) in [5.41, 5.74) is 0.659. The maximum absolute atomic E-state index is 11.5. The fourth-order valence-corrected chi connectivity index (χ4v) is 1.67. The van der Waals surface area contributed by atoms with Crippen LogP contribution < -0.4 is 4.90 Å². The predicted octanol–water partition coefficient (Wildman–Crippen LogP) is -0.142. The normalized spacial score (nSPS) is 21.0. The number of carbonyl (C=O) groups is 2. The Morgan fingerprint density at radius 1 is 1.67 bits per heavy atom. The zero-order valence-corrected chi connectivity index (χ0v) is 8.25. The molecule has 0 radical (unpaired) electrons. The number of hydrogen-bond acceptors (Lipinski definition) is 3. The van der Waals surface area contributed by atoms with E-state index in [2.05, 4.69) is 5.10 Å². The second-order valence-electron chi connectivity index (χ2n) is 3.62. The summed E-state index contributed by atoms with van der Waals surface area (Å²) in [5.74, 6) is -1.68. The van der Waals surface area contributed by atoms with E-state index in [0.717, 1.165) is 0 Å². The first-order valence-electron chi connectivity index (χ1n) is 4.59. The Labute approximate surface area is 86.1 Å². The SMILES string of the molecule is Cn1cc(N2C[C@@H](C(=O)O)CC2=O)cn1. The topological polar surface area (TPSA) is 75.4 Å². The third-order valence-electron chi connectivity index (χ3n) is 2.48. The molecule has 1 aliphatic rings. The average molecular weight is 209 g/mol. The summed E-state index contributed by atoms with van der Waals surface area (Å²) in [6.45, 7) is 0.236. The van der Waals surface area contributed by atoms with Crippen molar-refractivity contribution in [3.63, 3.8) is 0 Å². The second kappa shape index (κ2) is 3.38. The van der Waals surface area contributed by atoms with E-state index >= 15 is 0 Å². The summed E-state index contributed by atoms with van der Waals surface area (Å²) in [6, 6.07) is 0. The van der Waals surface area contributed by atoms with Gasteiger partial charge in [0.2, 0.25) is 5.91 Å². The number of carboxylic acid groups (broad SMARTS) is 1. The van der Waals surface area contributed by atoms with Gasteiger partial charge >= 0.3 is 5.97 Å². The molecule has 0 unspecified atom stereocenters. The highest BCUT2D eigenvalue weighted by atomic mass is 16.4. The van der Waals surface area contributed by atoms with Crippen molar-refractivity contribution in [1.29, 1.82) is 0 Å². The Morgan fingerprint density at radius 3 is 2.87 bits per heavy atom. The van der Waals surface area contributed by atoms with Gasteiger partial charge in [0, 0.05) is 26.2 Å². The molecule has 1 aromatic rings. The smallest absolute Gasteiger partial charge is 0.308 e. The van der Waals surface area contributed by atoms with Gasteiger partial charge in [0.05, 0.1) is 17.8 Å². The molecule has 1 amide bonds. The van der Waals surface area contributed by atoms with Crippen LogP contribution in [0.2, 0.25) is 0 Å². The van der Waals surface area contributed by atoms with Gasteiger partial charge in [0.15, 0.2) is 0 Å². The molecule has 1 saturated heterocycles. The van der Waals surface area contributed by atoms with Crippen LogP contribution in [0.1, 0.15) is 6.42 Å². The molecule has 80 valence electrons. The zero-order valence-electron chi connectivity index (χ0n) is 8.25. The van der Waals surface area contributed by atoms with Crippen molar-refractivity contribution >= 4 is 17.6 Å². The number of anilines is 1. The Bertz CT molecular complexity index is 412. The number of nitrogens with zero attached hydrogens (tertiary/aromatic N) is 3. The molecule has 0 bridgehead atoms. The van der Waals surface area contributed by atoms with Crippen LogP contribution in [0.25, 0.3) is 0 Å². The number of aryl methyl sites for hydroxylation is 1. The summed E-state index contributed by atoms with van der Waals surface area (Å²) in [7, 11) is 1.75. The van der Waals surface area contributed by atoms with Gasteiger partial charge in [-0.3, -0.25) is 14.3 Å². The van der Waals surface area contributed by atoms with Crippen LogP contribution in [-0.4, -0.2) is 33.3 Å². The zero-order chi connectivity index (χ0) is 11.0. The van der Waals surface area contributed by atoms with Crippen LogP contribution in [0, 0.1) is 5.92 Å². The molecule has 0 aliphatic carbocycles. The molecule has 1 aliphatic heterocycles. The highest BCUT2D eigenvalue weighted by molar-refractivity contribution is 5.98. The van der Waals surface area contributed by atoms with Crippen molar-refractivity contribution < 1.29 is 14.7 Å². The number of aromatic nitrogens is 2. The van der Waals surface area contributed by atoms with E-state index in [0.29, 0.717) is 5.69 Å². The minimum atomic E-state index is -0.922. The Kier molecular flexibility index (Phi) is 2.18. The lowest BCUT2D eigenvalue weighted by Gasteiger charge is -2.12. The number of carboxylic acids is 1. The first-order chi connectivity index (χ1) is 7.08. The van der Waals surface area contributed by atoms with Crippen molar-refractivity contribution in [2.45, 2.75) is 6.42 Å². The standard InChI is InChI=1S/C9H11N3O3/c1-11-5-7(3-10-11)12-4-6(9(14)15)2-8(12)13/h3,5-6H,2,4H2,1H3,(H,14,15)/t6-/m0/s1. The molecule has 15 heavy (non-hydrogen) atoms. The number of rotatable bonds is 2. The maximum Gasteiger partial charge on any atom is 0.308 e. The summed E-state index contributed by atoms with van der Waals surface area (Å²) in [6.07, 6.45) is 3.33. The summed E-state index contributed by atoms with van der Waals surface area (Å²) in [5, 5.41) is 12.7. The lowest BCUT2D eigenvalue weighted by molar-refractivity contribution is -0.141. The Hall–Kier alpha value is -1.85. The quantitative estimate of drug-likeness (QED) is 0.735. The van der Waals surface area contributed by atoms with Gasteiger partial charge in [-0.2, -0.15) is 5.10 Å². The van der Waals surface area contributed by atoms with Crippen LogP contribution in [0.15, 0.2) is 12.4 Å². The van der Waals surface area contributed by atoms with E-state index in [9.17, 15) is 9.59 Å². The minimum absolute atomic E-state index is 0.0736. The second-order valence-corrected chi connectivity index (χ2v) is 3.62. The Morgan fingerprint density at radius 2 is 2.40 bits per heavy atom. The maximum atomic E-state index is 11.5. The van der Waals surface area contributed by atoms with Gasteiger partial charge in [-0.05, 0) is 0 Å². The fraction of sp³-hybridized carbons (Fsp3) is 0.444. The van der Waals surface area contributed by atoms with E-state index < -0.39 is 11.9 Å². The minimum Gasteiger partial charge on any atom is -0.481 e. The number of carbonyl (C=O) groups excluding carboxylic acids is 1. The number of amides is 1. The summed E-state index contributed by atoms with van der Waals surface area (Å²) >= 11 is 0. The molecular weight excluding hydrogens is 198 g/mol. The number of hydrogen-bond donors (Lipinski definition) is 1. The molecule has 0 aromatic carbocycles. The molecule has 0 saturated carbocycles. The molecular formula is C9H11N3O3. The highest BCUT2D eigenvalue weighted by Gasteiger charge is 2.35. The predicted molar refractivity (Wildman–Crippen MR) is 51.3 cm³/mol. The van der Waals surface area contributed by atoms with Gasteiger partial charge in [0.1, 0.15) is 0 Å². The van der Waals surface area contributed by atoms with Crippen molar-refractivity contribution in [3.05, 3.63) is 12.4 Å². The average Bonchev–Trinajstić information content (AvgIpc) is 2.71. The lowest BCUT2D eigenvalue weighted by Crippen LogP contribution is -2.25. The van der Waals surface area contributed by atoms with Crippen LogP contribution in [0.4, 0.5) is 5.69 Å². The third kappa shape index (κ3) is 1.70. The Balaban J connectivity index is 2.18. The van der Waals surface area contributed by atoms with E-state index in [1.807, 2.05) is 0 Å². The van der Waals surface area contributed by atoms with Crippen molar-refractivity contribution in [1.82, 2.24) is 9.78 Å². The number of aliphatic carboxylic acids is 1. The van der Waals surface area contributed by atoms with Gasteiger partial charge in [-0.25, -0.2) is 0 Å². The van der Waals surface area contributed by atoms with Gasteiger partial charge in [-0.1, -0.05) is 0 Å². The van der Waals surface area contributed by atoms with E-state index in [1.165, 1.54) is 4.90 Å². The first-order valence-corrected chi connectivity index (χ1v) is 4.59. The molecule has 6 nitrogen and oxygen atoms in total. The van der Waals surface area contributed by atoms with Crippen molar-refractivity contribution in [3.8, 4) is 0 Å². The summed E-state index contributed by atoms with van der Waals surface area (Å²) < 4.78 is 1.58. The van der Waals surface area contributed by atoms with Gasteiger partial charge in [-0.15, -0.1) is 0 Å². The van der Waals surface area contributed by atoms with Crippen LogP contribution >= 0.6 is 0 Å². The molecule has 1 N–H and O–H groups in total. The van der Waals surface area contributed by atoms with Gasteiger partial charge in [0.25, 0.3) is 0 Å². The third-order valence-corrected chi connectivity index (χ3v) is 2.48. The van der Waals surface area contributed by atoms with E-state index in [4.69, 9.17) is 5.11 Å². The molecule has 2 rings (SSSR count). The molecule has 2 heterocycles. The molecule has 6 heteroatoms. The van der Waals surface area contributed by atoms with Crippen LogP contribution in [0.3, 0.4) is 0 Å². The first kappa shape index (κ1) is 9.70. The van der Waals surface area contributed by atoms with E-state index in [1.54, 1.807) is 24.1 Å². The van der Waals surface area contributed by atoms with Crippen LogP contribution in [0.5, 0.6) is 0 Å². The molecule has 1 aromatic heterocycles. The fourth-order valence-electron chi connectivity index (χ4n) is 1.67. The molecule has 1 atom stereocenters. The van der Waals surface area contributed by atoms with Crippen LogP contribution in [-0.2, 0) is 16.6 Å². The largest absolute Gasteiger partial charge is 0.481 e. The van der Waals surface area contributed by atoms with Gasteiger partial charge < -0.3 is 10.0 Å². The molecule has 1 fully saturated rings. The lowest BCUT2D eigenvalue weighted by atomic mass is 10.1. The van der Waals surface area contributed by atoms with Crippen molar-refractivity contribution in [2.24, 2.45) is 13.0 Å². The highest BCUT2D eigenvalue weighted by Crippen LogP contribution is 2.24. The van der Waals surface area contributed by atoms with Crippen molar-refractivity contribution in [2.75, 3.05) is 11.4 Å². The molecule has 0 spiro atoms. The summed E-state index contributed by atoms with van der Waals surface area (Å²) in [4.78, 5) is 23.7. The van der Waals surface area contributed by atoms with E-state index in [-0.39, 0.29) is 18.9 Å².